The van der Waals surface area contributed by atoms with Gasteiger partial charge in [-0.05, 0) is 43.5 Å². The number of amides is 2. The zero-order chi connectivity index (χ0) is 18.0. The molecular formula is C18H21FN2O4. The van der Waals surface area contributed by atoms with Gasteiger partial charge in [0, 0.05) is 12.2 Å². The topological polar surface area (TPSA) is 86.7 Å². The molecule has 1 saturated carbocycles. The van der Waals surface area contributed by atoms with Gasteiger partial charge in [0.2, 0.25) is 11.8 Å². The van der Waals surface area contributed by atoms with E-state index in [9.17, 15) is 23.9 Å². The highest BCUT2D eigenvalue weighted by atomic mass is 19.1. The number of aliphatic carboxylic acids is 1. The summed E-state index contributed by atoms with van der Waals surface area (Å²) in [5, 5.41) is 12.2. The van der Waals surface area contributed by atoms with E-state index >= 15 is 0 Å². The molecule has 1 atom stereocenters. The van der Waals surface area contributed by atoms with Crippen LogP contribution in [0.5, 0.6) is 0 Å². The largest absolute Gasteiger partial charge is 0.480 e. The number of nitrogens with one attached hydrogen (secondary N) is 1. The van der Waals surface area contributed by atoms with E-state index in [1.807, 2.05) is 0 Å². The molecule has 2 amide bonds. The molecule has 7 heteroatoms. The van der Waals surface area contributed by atoms with E-state index in [0.717, 1.165) is 19.3 Å². The van der Waals surface area contributed by atoms with E-state index in [0.29, 0.717) is 31.5 Å². The third-order valence-corrected chi connectivity index (χ3v) is 5.14. The summed E-state index contributed by atoms with van der Waals surface area (Å²) in [6, 6.07) is 5.51. The molecule has 0 aromatic heterocycles. The average molecular weight is 348 g/mol. The Morgan fingerprint density at radius 3 is 2.40 bits per heavy atom. The molecule has 0 spiro atoms. The molecule has 134 valence electrons. The molecule has 1 aliphatic heterocycles. The lowest BCUT2D eigenvalue weighted by Crippen LogP contribution is -2.57. The minimum atomic E-state index is -1.26. The molecule has 2 fully saturated rings. The molecule has 3 rings (SSSR count). The van der Waals surface area contributed by atoms with E-state index in [1.54, 1.807) is 0 Å². The van der Waals surface area contributed by atoms with Crippen LogP contribution >= 0.6 is 0 Å². The lowest BCUT2D eigenvalue weighted by atomic mass is 9.81. The molecule has 2 N–H and O–H groups in total. The monoisotopic (exact) mass is 348 g/mol. The number of hydrogen-bond acceptors (Lipinski definition) is 3. The number of nitrogens with zero attached hydrogens (tertiary/aromatic N) is 1. The second-order valence-electron chi connectivity index (χ2n) is 6.74. The Bertz CT molecular complexity index is 683. The van der Waals surface area contributed by atoms with Crippen LogP contribution < -0.4 is 10.2 Å². The Morgan fingerprint density at radius 1 is 1.16 bits per heavy atom. The first-order chi connectivity index (χ1) is 11.9. The fourth-order valence-electron chi connectivity index (χ4n) is 3.67. The van der Waals surface area contributed by atoms with Crippen molar-refractivity contribution in [2.45, 2.75) is 44.1 Å². The summed E-state index contributed by atoms with van der Waals surface area (Å²) in [5.41, 5.74) is -0.730. The van der Waals surface area contributed by atoms with Gasteiger partial charge in [-0.25, -0.2) is 9.18 Å². The van der Waals surface area contributed by atoms with Crippen molar-refractivity contribution in [2.24, 2.45) is 5.92 Å². The molecule has 0 radical (unpaired) electrons. The van der Waals surface area contributed by atoms with Gasteiger partial charge in [0.1, 0.15) is 17.3 Å². The third kappa shape index (κ3) is 3.36. The lowest BCUT2D eigenvalue weighted by molar-refractivity contribution is -0.150. The van der Waals surface area contributed by atoms with Gasteiger partial charge in [-0.3, -0.25) is 9.59 Å². The smallest absolute Gasteiger partial charge is 0.329 e. The van der Waals surface area contributed by atoms with Crippen LogP contribution in [0.1, 0.15) is 38.5 Å². The minimum Gasteiger partial charge on any atom is -0.480 e. The van der Waals surface area contributed by atoms with Gasteiger partial charge in [0.25, 0.3) is 0 Å². The van der Waals surface area contributed by atoms with Crippen LogP contribution in [0.2, 0.25) is 0 Å². The number of anilines is 1. The summed E-state index contributed by atoms with van der Waals surface area (Å²) in [4.78, 5) is 38.3. The van der Waals surface area contributed by atoms with Crippen LogP contribution in [0.3, 0.4) is 0 Å². The summed E-state index contributed by atoms with van der Waals surface area (Å²) in [6.07, 6.45) is 3.52. The van der Waals surface area contributed by atoms with Crippen LogP contribution in [0.4, 0.5) is 10.1 Å². The van der Waals surface area contributed by atoms with Crippen molar-refractivity contribution in [1.82, 2.24) is 5.32 Å². The first-order valence-electron chi connectivity index (χ1n) is 8.55. The number of carboxylic acid groups (broad SMARTS) is 1. The van der Waals surface area contributed by atoms with Crippen LogP contribution in [0.25, 0.3) is 0 Å². The third-order valence-electron chi connectivity index (χ3n) is 5.14. The summed E-state index contributed by atoms with van der Waals surface area (Å²) >= 11 is 0. The number of halogens is 1. The lowest BCUT2D eigenvalue weighted by Gasteiger charge is -2.34. The van der Waals surface area contributed by atoms with Gasteiger partial charge in [-0.2, -0.15) is 0 Å². The molecule has 25 heavy (non-hydrogen) atoms. The van der Waals surface area contributed by atoms with Gasteiger partial charge in [-0.15, -0.1) is 0 Å². The predicted octanol–water partition coefficient (Wildman–Crippen LogP) is 2.08. The zero-order valence-corrected chi connectivity index (χ0v) is 13.8. The normalized spacial score (nSPS) is 22.7. The number of rotatable bonds is 4. The van der Waals surface area contributed by atoms with Gasteiger partial charge >= 0.3 is 5.97 Å². The Kier molecular flexibility index (Phi) is 4.74. The van der Waals surface area contributed by atoms with Gasteiger partial charge in [-0.1, -0.05) is 19.3 Å². The Balaban J connectivity index is 1.71. The maximum absolute atomic E-state index is 13.0. The zero-order valence-electron chi connectivity index (χ0n) is 13.8. The second-order valence-corrected chi connectivity index (χ2v) is 6.74. The molecule has 0 bridgehead atoms. The van der Waals surface area contributed by atoms with Gasteiger partial charge in [0.05, 0.1) is 0 Å². The van der Waals surface area contributed by atoms with Crippen molar-refractivity contribution in [2.75, 3.05) is 11.4 Å². The van der Waals surface area contributed by atoms with E-state index in [4.69, 9.17) is 0 Å². The summed E-state index contributed by atoms with van der Waals surface area (Å²) < 4.78 is 13.0. The molecule has 1 aliphatic carbocycles. The molecule has 1 unspecified atom stereocenters. The van der Waals surface area contributed by atoms with Crippen LogP contribution in [-0.4, -0.2) is 35.0 Å². The summed E-state index contributed by atoms with van der Waals surface area (Å²) in [5.74, 6) is -3.24. The fourth-order valence-corrected chi connectivity index (χ4v) is 3.67. The summed E-state index contributed by atoms with van der Waals surface area (Å²) in [7, 11) is 0. The highest BCUT2D eigenvalue weighted by molar-refractivity contribution is 6.10. The van der Waals surface area contributed by atoms with Gasteiger partial charge in [0.15, 0.2) is 0 Å². The van der Waals surface area contributed by atoms with Crippen molar-refractivity contribution < 1.29 is 23.9 Å². The Hall–Kier alpha value is -2.44. The maximum Gasteiger partial charge on any atom is 0.329 e. The maximum atomic E-state index is 13.0. The first-order valence-corrected chi connectivity index (χ1v) is 8.55. The molecule has 1 saturated heterocycles. The molecule has 1 aromatic carbocycles. The summed E-state index contributed by atoms with van der Waals surface area (Å²) in [6.45, 7) is 0.350. The van der Waals surface area contributed by atoms with Crippen molar-refractivity contribution in [3.05, 3.63) is 30.1 Å². The van der Waals surface area contributed by atoms with E-state index in [1.165, 1.54) is 29.2 Å². The number of hydrogen-bond donors (Lipinski definition) is 2. The highest BCUT2D eigenvalue weighted by Crippen LogP contribution is 2.31. The Morgan fingerprint density at radius 2 is 1.80 bits per heavy atom. The molecule has 6 nitrogen and oxygen atoms in total. The van der Waals surface area contributed by atoms with Crippen LogP contribution in [0, 0.1) is 11.7 Å². The average Bonchev–Trinajstić information content (AvgIpc) is 2.98. The number of carbonyl (C=O) groups is 3. The number of benzene rings is 1. The van der Waals surface area contributed by atoms with E-state index < -0.39 is 29.2 Å². The van der Waals surface area contributed by atoms with Crippen LogP contribution in [0.15, 0.2) is 24.3 Å². The predicted molar refractivity (Wildman–Crippen MR) is 88.5 cm³/mol. The Labute approximate surface area is 145 Å². The van der Waals surface area contributed by atoms with Crippen molar-refractivity contribution in [3.8, 4) is 0 Å². The molecular weight excluding hydrogens is 327 g/mol. The molecule has 1 heterocycles. The second kappa shape index (κ2) is 6.82. The SMILES string of the molecule is O=C(NC1(C(=O)O)CCCCC1)C1CCN(c2ccc(F)cc2)C1=O. The standard InChI is InChI=1S/C18H21FN2O4/c19-12-4-6-13(7-5-12)21-11-8-14(16(21)23)15(22)20-18(17(24)25)9-2-1-3-10-18/h4-7,14H,1-3,8-11H2,(H,20,22)(H,24,25). The van der Waals surface area contributed by atoms with Crippen LogP contribution in [-0.2, 0) is 14.4 Å². The van der Waals surface area contributed by atoms with E-state index in [-0.39, 0.29) is 5.91 Å². The van der Waals surface area contributed by atoms with E-state index in [2.05, 4.69) is 5.32 Å². The number of carboxylic acids is 1. The number of carbonyl (C=O) groups excluding carboxylic acids is 2. The fraction of sp³-hybridized carbons (Fsp3) is 0.500. The molecule has 1 aromatic rings. The first kappa shape index (κ1) is 17.4. The minimum absolute atomic E-state index is 0.317. The van der Waals surface area contributed by atoms with Gasteiger partial charge < -0.3 is 15.3 Å². The van der Waals surface area contributed by atoms with Crippen molar-refractivity contribution >= 4 is 23.5 Å². The quantitative estimate of drug-likeness (QED) is 0.816. The van der Waals surface area contributed by atoms with Crippen molar-refractivity contribution in [1.29, 1.82) is 0 Å². The molecule has 2 aliphatic rings. The highest BCUT2D eigenvalue weighted by Gasteiger charge is 2.45. The van der Waals surface area contributed by atoms with Crippen molar-refractivity contribution in [3.63, 3.8) is 0 Å².